The van der Waals surface area contributed by atoms with Crippen molar-refractivity contribution in [3.63, 3.8) is 0 Å². The summed E-state index contributed by atoms with van der Waals surface area (Å²) >= 11 is 3.54. The minimum absolute atomic E-state index is 0.0508. The number of hydrogen-bond donors (Lipinski definition) is 2. The van der Waals surface area contributed by atoms with E-state index in [1.165, 1.54) is 0 Å². The molecule has 0 aromatic heterocycles. The number of ketones is 2. The fraction of sp³-hybridized carbons (Fsp3) is 0.789. The topological polar surface area (TPSA) is 74.6 Å². The Balaban J connectivity index is 1.87. The molecule has 1 unspecified atom stereocenters. The second-order valence-electron chi connectivity index (χ2n) is 8.70. The molecule has 0 saturated heterocycles. The minimum Gasteiger partial charge on any atom is -0.392 e. The number of hydrogen-bond acceptors (Lipinski definition) is 4. The summed E-state index contributed by atoms with van der Waals surface area (Å²) in [6.45, 7) is 8.04. The molecule has 0 aliphatic heterocycles. The molecule has 4 aliphatic rings. The molecule has 132 valence electrons. The monoisotopic (exact) mass is 396 g/mol. The minimum atomic E-state index is -1.11. The number of Topliss-reactive ketones (excluding diaryl/α,β-unsaturated/α-hetero) is 2. The van der Waals surface area contributed by atoms with Gasteiger partial charge in [-0.2, -0.15) is 0 Å². The summed E-state index contributed by atoms with van der Waals surface area (Å²) in [5.74, 6) is -0.356. The van der Waals surface area contributed by atoms with Gasteiger partial charge in [0.1, 0.15) is 5.78 Å². The van der Waals surface area contributed by atoms with Gasteiger partial charge in [0.15, 0.2) is 5.78 Å². The zero-order valence-electron chi connectivity index (χ0n) is 14.2. The fourth-order valence-electron chi connectivity index (χ4n) is 6.84. The van der Waals surface area contributed by atoms with Gasteiger partial charge in [-0.05, 0) is 48.5 Å². The van der Waals surface area contributed by atoms with E-state index in [1.54, 1.807) is 0 Å². The highest BCUT2D eigenvalue weighted by Gasteiger charge is 2.73. The van der Waals surface area contributed by atoms with Gasteiger partial charge in [0.25, 0.3) is 0 Å². The SMILES string of the molecule is C=C1C(=O)[C@@]23[C@H](O)C[C@@H]4[C@@H](C)C(=O)C(Br)C[C@@]4(C)[C@@H]2CC[C@@H]1[C@H]3O. The second kappa shape index (κ2) is 5.01. The number of fused-ring (bicyclic) bond motifs is 3. The van der Waals surface area contributed by atoms with Crippen LogP contribution in [-0.2, 0) is 9.59 Å². The smallest absolute Gasteiger partial charge is 0.170 e. The van der Waals surface area contributed by atoms with Gasteiger partial charge in [-0.3, -0.25) is 9.59 Å². The van der Waals surface area contributed by atoms with Crippen LogP contribution >= 0.6 is 15.9 Å². The van der Waals surface area contributed by atoms with E-state index in [9.17, 15) is 19.8 Å². The third-order valence-corrected chi connectivity index (χ3v) is 8.77. The number of carbonyl (C=O) groups is 2. The van der Waals surface area contributed by atoms with Crippen molar-refractivity contribution >= 4 is 27.5 Å². The summed E-state index contributed by atoms with van der Waals surface area (Å²) in [4.78, 5) is 25.4. The Hall–Kier alpha value is -0.520. The van der Waals surface area contributed by atoms with E-state index < -0.39 is 17.6 Å². The molecule has 0 aromatic carbocycles. The summed E-state index contributed by atoms with van der Waals surface area (Å²) < 4.78 is 0. The molecule has 1 spiro atoms. The van der Waals surface area contributed by atoms with Gasteiger partial charge in [0.2, 0.25) is 0 Å². The molecule has 2 bridgehead atoms. The number of aliphatic hydroxyl groups is 2. The van der Waals surface area contributed by atoms with Crippen LogP contribution in [0.1, 0.15) is 39.5 Å². The lowest BCUT2D eigenvalue weighted by atomic mass is 9.42. The molecule has 24 heavy (non-hydrogen) atoms. The molecule has 4 rings (SSSR count). The standard InChI is InChI=1S/C19H25BrO4/c1-8-10-4-5-13-18(3)7-12(20)15(22)9(2)11(18)6-14(21)19(13,16(8)23)17(10)24/h9-14,17,21,24H,1,4-7H2,2-3H3/t9-,10+,11-,12?,13+,14-,17-,18-,19+/m1/s1. The first-order valence-electron chi connectivity index (χ1n) is 8.94. The third kappa shape index (κ3) is 1.67. The van der Waals surface area contributed by atoms with Crippen LogP contribution in [0.3, 0.4) is 0 Å². The lowest BCUT2D eigenvalue weighted by Crippen LogP contribution is -2.67. The van der Waals surface area contributed by atoms with Gasteiger partial charge in [-0.25, -0.2) is 0 Å². The normalized spacial score (nSPS) is 56.9. The Morgan fingerprint density at radius 1 is 1.25 bits per heavy atom. The molecule has 4 nitrogen and oxygen atoms in total. The van der Waals surface area contributed by atoms with Crippen molar-refractivity contribution in [1.29, 1.82) is 0 Å². The number of alkyl halides is 1. The molecule has 0 radical (unpaired) electrons. The highest BCUT2D eigenvalue weighted by Crippen LogP contribution is 2.69. The summed E-state index contributed by atoms with van der Waals surface area (Å²) in [6.07, 6.45) is 0.872. The predicted octanol–water partition coefficient (Wildman–Crippen LogP) is 2.26. The fourth-order valence-corrected chi connectivity index (χ4v) is 7.96. The molecule has 2 N–H and O–H groups in total. The van der Waals surface area contributed by atoms with E-state index in [2.05, 4.69) is 29.4 Å². The summed E-state index contributed by atoms with van der Waals surface area (Å²) in [7, 11) is 0. The number of aliphatic hydroxyl groups excluding tert-OH is 2. The highest BCUT2D eigenvalue weighted by molar-refractivity contribution is 9.10. The Morgan fingerprint density at radius 2 is 1.92 bits per heavy atom. The maximum Gasteiger partial charge on any atom is 0.170 e. The lowest BCUT2D eigenvalue weighted by molar-refractivity contribution is -0.213. The van der Waals surface area contributed by atoms with Crippen molar-refractivity contribution in [3.8, 4) is 0 Å². The molecule has 9 atom stereocenters. The van der Waals surface area contributed by atoms with E-state index in [1.807, 2.05) is 6.92 Å². The van der Waals surface area contributed by atoms with Gasteiger partial charge in [0, 0.05) is 11.8 Å². The van der Waals surface area contributed by atoms with Crippen molar-refractivity contribution in [2.24, 2.45) is 34.5 Å². The van der Waals surface area contributed by atoms with Gasteiger partial charge in [-0.1, -0.05) is 36.4 Å². The first-order valence-corrected chi connectivity index (χ1v) is 9.86. The Labute approximate surface area is 150 Å². The molecule has 0 heterocycles. The predicted molar refractivity (Wildman–Crippen MR) is 92.5 cm³/mol. The first-order chi connectivity index (χ1) is 11.2. The van der Waals surface area contributed by atoms with Crippen LogP contribution in [0.5, 0.6) is 0 Å². The van der Waals surface area contributed by atoms with E-state index >= 15 is 0 Å². The van der Waals surface area contributed by atoms with E-state index in [0.29, 0.717) is 18.4 Å². The molecule has 4 fully saturated rings. The van der Waals surface area contributed by atoms with Crippen LogP contribution in [0.2, 0.25) is 0 Å². The molecular formula is C19H25BrO4. The Morgan fingerprint density at radius 3 is 2.58 bits per heavy atom. The zero-order chi connectivity index (χ0) is 17.6. The lowest BCUT2D eigenvalue weighted by Gasteiger charge is -2.63. The van der Waals surface area contributed by atoms with E-state index in [0.717, 1.165) is 12.8 Å². The maximum atomic E-state index is 13.1. The summed E-state index contributed by atoms with van der Waals surface area (Å²) in [5.41, 5.74) is -0.869. The average molecular weight is 397 g/mol. The molecule has 0 aromatic rings. The van der Waals surface area contributed by atoms with Crippen molar-refractivity contribution in [2.45, 2.75) is 56.6 Å². The van der Waals surface area contributed by atoms with Gasteiger partial charge in [0.05, 0.1) is 22.5 Å². The van der Waals surface area contributed by atoms with Crippen molar-refractivity contribution < 1.29 is 19.8 Å². The van der Waals surface area contributed by atoms with Crippen LogP contribution < -0.4 is 0 Å². The first kappa shape index (κ1) is 16.9. The number of halogens is 1. The second-order valence-corrected chi connectivity index (χ2v) is 9.80. The van der Waals surface area contributed by atoms with E-state index in [4.69, 9.17) is 0 Å². The quantitative estimate of drug-likeness (QED) is 0.486. The summed E-state index contributed by atoms with van der Waals surface area (Å²) in [5, 5.41) is 22.0. The number of carbonyl (C=O) groups excluding carboxylic acids is 2. The van der Waals surface area contributed by atoms with Crippen LogP contribution in [0.4, 0.5) is 0 Å². The van der Waals surface area contributed by atoms with Gasteiger partial charge < -0.3 is 10.2 Å². The van der Waals surface area contributed by atoms with Crippen molar-refractivity contribution in [3.05, 3.63) is 12.2 Å². The molecular weight excluding hydrogens is 372 g/mol. The van der Waals surface area contributed by atoms with Gasteiger partial charge in [-0.15, -0.1) is 0 Å². The molecule has 4 aliphatic carbocycles. The van der Waals surface area contributed by atoms with Crippen molar-refractivity contribution in [2.75, 3.05) is 0 Å². The van der Waals surface area contributed by atoms with Crippen LogP contribution in [0.25, 0.3) is 0 Å². The Bertz CT molecular complexity index is 645. The van der Waals surface area contributed by atoms with Crippen molar-refractivity contribution in [1.82, 2.24) is 0 Å². The zero-order valence-corrected chi connectivity index (χ0v) is 15.8. The number of rotatable bonds is 0. The largest absolute Gasteiger partial charge is 0.392 e. The van der Waals surface area contributed by atoms with Crippen LogP contribution in [-0.4, -0.2) is 38.8 Å². The summed E-state index contributed by atoms with van der Waals surface area (Å²) in [6, 6.07) is 0. The maximum absolute atomic E-state index is 13.1. The van der Waals surface area contributed by atoms with Crippen LogP contribution in [0.15, 0.2) is 12.2 Å². The third-order valence-electron chi connectivity index (χ3n) is 8.00. The van der Waals surface area contributed by atoms with Crippen LogP contribution in [0, 0.1) is 34.5 Å². The molecule has 0 amide bonds. The molecule has 4 saturated carbocycles. The Kier molecular flexibility index (Phi) is 3.54. The van der Waals surface area contributed by atoms with E-state index in [-0.39, 0.29) is 45.5 Å². The van der Waals surface area contributed by atoms with Gasteiger partial charge >= 0.3 is 0 Å². The molecule has 5 heteroatoms. The highest BCUT2D eigenvalue weighted by atomic mass is 79.9. The average Bonchev–Trinajstić information content (AvgIpc) is 2.65.